The zero-order valence-corrected chi connectivity index (χ0v) is 10.1. The number of carbonyl (C=O) groups excluding carboxylic acids is 1. The molecular formula is C9H15IO2. The van der Waals surface area contributed by atoms with Gasteiger partial charge in [0.15, 0.2) is 0 Å². The molecule has 0 aromatic rings. The molecule has 2 unspecified atom stereocenters. The average molecular weight is 282 g/mol. The van der Waals surface area contributed by atoms with E-state index < -0.39 is 0 Å². The fourth-order valence-electron chi connectivity index (χ4n) is 1.06. The molecule has 0 aromatic heterocycles. The average Bonchev–Trinajstić information content (AvgIpc) is 2.05. The van der Waals surface area contributed by atoms with E-state index >= 15 is 0 Å². The second-order valence-corrected chi connectivity index (χ2v) is 3.53. The molecule has 0 radical (unpaired) electrons. The van der Waals surface area contributed by atoms with Crippen molar-refractivity contribution in [2.75, 3.05) is 7.11 Å². The van der Waals surface area contributed by atoms with E-state index in [2.05, 4.69) is 22.6 Å². The van der Waals surface area contributed by atoms with Crippen LogP contribution in [-0.4, -0.2) is 19.0 Å². The predicted octanol–water partition coefficient (Wildman–Crippen LogP) is 2.57. The van der Waals surface area contributed by atoms with Gasteiger partial charge in [0, 0.05) is 13.0 Å². The SMILES string of the molecule is COC(/C(C)=C/I)C(C)C(C)=O. The van der Waals surface area contributed by atoms with Gasteiger partial charge in [-0.3, -0.25) is 4.79 Å². The van der Waals surface area contributed by atoms with Crippen LogP contribution in [0.4, 0.5) is 0 Å². The first-order chi connectivity index (χ1) is 5.54. The summed E-state index contributed by atoms with van der Waals surface area (Å²) in [5, 5.41) is 0. The summed E-state index contributed by atoms with van der Waals surface area (Å²) >= 11 is 2.16. The molecule has 0 saturated heterocycles. The molecule has 0 aliphatic rings. The summed E-state index contributed by atoms with van der Waals surface area (Å²) in [5.41, 5.74) is 1.10. The molecule has 0 amide bonds. The van der Waals surface area contributed by atoms with Crippen molar-refractivity contribution in [1.29, 1.82) is 0 Å². The summed E-state index contributed by atoms with van der Waals surface area (Å²) in [7, 11) is 1.63. The first-order valence-electron chi connectivity index (χ1n) is 3.84. The minimum absolute atomic E-state index is 0.0546. The molecule has 12 heavy (non-hydrogen) atoms. The predicted molar refractivity (Wildman–Crippen MR) is 58.4 cm³/mol. The monoisotopic (exact) mass is 282 g/mol. The fraction of sp³-hybridized carbons (Fsp3) is 0.667. The number of ketones is 1. The van der Waals surface area contributed by atoms with Gasteiger partial charge in [0.1, 0.15) is 5.78 Å². The topological polar surface area (TPSA) is 26.3 Å². The highest BCUT2D eigenvalue weighted by atomic mass is 127. The molecule has 2 nitrogen and oxygen atoms in total. The van der Waals surface area contributed by atoms with E-state index in [1.54, 1.807) is 14.0 Å². The van der Waals surface area contributed by atoms with Gasteiger partial charge in [0.05, 0.1) is 6.10 Å². The fourth-order valence-corrected chi connectivity index (χ4v) is 1.41. The summed E-state index contributed by atoms with van der Waals surface area (Å²) < 4.78 is 7.18. The van der Waals surface area contributed by atoms with Gasteiger partial charge in [-0.15, -0.1) is 0 Å². The van der Waals surface area contributed by atoms with Gasteiger partial charge in [0.25, 0.3) is 0 Å². The molecule has 0 bridgehead atoms. The molecule has 0 aliphatic heterocycles. The summed E-state index contributed by atoms with van der Waals surface area (Å²) in [5.74, 6) is 0.112. The molecule has 0 spiro atoms. The molecule has 0 saturated carbocycles. The van der Waals surface area contributed by atoms with Crippen LogP contribution in [0.2, 0.25) is 0 Å². The lowest BCUT2D eigenvalue weighted by Crippen LogP contribution is -2.26. The number of hydrogen-bond acceptors (Lipinski definition) is 2. The second kappa shape index (κ2) is 5.70. The first-order valence-corrected chi connectivity index (χ1v) is 5.09. The van der Waals surface area contributed by atoms with Gasteiger partial charge in [-0.25, -0.2) is 0 Å². The summed E-state index contributed by atoms with van der Waals surface area (Å²) in [4.78, 5) is 11.1. The number of Topliss-reactive ketones (excluding diaryl/α,β-unsaturated/α-hetero) is 1. The van der Waals surface area contributed by atoms with Crippen molar-refractivity contribution in [2.24, 2.45) is 5.92 Å². The highest BCUT2D eigenvalue weighted by Crippen LogP contribution is 2.17. The number of hydrogen-bond donors (Lipinski definition) is 0. The second-order valence-electron chi connectivity index (χ2n) is 2.91. The van der Waals surface area contributed by atoms with E-state index in [0.29, 0.717) is 0 Å². The maximum Gasteiger partial charge on any atom is 0.135 e. The summed E-state index contributed by atoms with van der Waals surface area (Å²) in [6.07, 6.45) is -0.0700. The van der Waals surface area contributed by atoms with Crippen molar-refractivity contribution in [3.8, 4) is 0 Å². The van der Waals surface area contributed by atoms with E-state index in [0.717, 1.165) is 5.57 Å². The molecule has 70 valence electrons. The Bertz CT molecular complexity index is 187. The minimum atomic E-state index is -0.0700. The van der Waals surface area contributed by atoms with E-state index in [4.69, 9.17) is 4.74 Å². The first kappa shape index (κ1) is 12.1. The Labute approximate surface area is 87.5 Å². The van der Waals surface area contributed by atoms with Crippen molar-refractivity contribution >= 4 is 28.4 Å². The van der Waals surface area contributed by atoms with Crippen molar-refractivity contribution in [2.45, 2.75) is 26.9 Å². The smallest absolute Gasteiger partial charge is 0.135 e. The van der Waals surface area contributed by atoms with Crippen molar-refractivity contribution in [3.63, 3.8) is 0 Å². The Morgan fingerprint density at radius 2 is 2.00 bits per heavy atom. The zero-order valence-electron chi connectivity index (χ0n) is 7.93. The molecule has 0 rings (SSSR count). The molecule has 0 fully saturated rings. The van der Waals surface area contributed by atoms with Crippen LogP contribution in [0.25, 0.3) is 0 Å². The number of halogens is 1. The van der Waals surface area contributed by atoms with Crippen LogP contribution in [0.15, 0.2) is 9.66 Å². The van der Waals surface area contributed by atoms with Gasteiger partial charge in [-0.05, 0) is 23.5 Å². The standard InChI is InChI=1S/C9H15IO2/c1-6(5-10)9(12-4)7(2)8(3)11/h5,7,9H,1-4H3/b6-5+. The number of ether oxygens (including phenoxy) is 1. The summed E-state index contributed by atoms with van der Waals surface area (Å²) in [6.45, 7) is 5.46. The van der Waals surface area contributed by atoms with Gasteiger partial charge >= 0.3 is 0 Å². The maximum atomic E-state index is 11.1. The van der Waals surface area contributed by atoms with E-state index in [1.165, 1.54) is 0 Å². The Kier molecular flexibility index (Phi) is 5.74. The van der Waals surface area contributed by atoms with Crippen molar-refractivity contribution in [3.05, 3.63) is 9.66 Å². The van der Waals surface area contributed by atoms with Crippen molar-refractivity contribution in [1.82, 2.24) is 0 Å². The quantitative estimate of drug-likeness (QED) is 0.741. The van der Waals surface area contributed by atoms with Crippen LogP contribution in [0.1, 0.15) is 20.8 Å². The number of methoxy groups -OCH3 is 1. The largest absolute Gasteiger partial charge is 0.376 e. The molecule has 0 aliphatic carbocycles. The van der Waals surface area contributed by atoms with E-state index in [9.17, 15) is 4.79 Å². The Balaban J connectivity index is 4.45. The van der Waals surface area contributed by atoms with Crippen LogP contribution in [0.5, 0.6) is 0 Å². The lowest BCUT2D eigenvalue weighted by atomic mass is 9.96. The third-order valence-electron chi connectivity index (χ3n) is 1.97. The minimum Gasteiger partial charge on any atom is -0.376 e. The maximum absolute atomic E-state index is 11.1. The van der Waals surface area contributed by atoms with Gasteiger partial charge in [0.2, 0.25) is 0 Å². The molecule has 0 heterocycles. The molecule has 0 N–H and O–H groups in total. The third-order valence-corrected chi connectivity index (χ3v) is 2.95. The van der Waals surface area contributed by atoms with E-state index in [-0.39, 0.29) is 17.8 Å². The van der Waals surface area contributed by atoms with Crippen LogP contribution in [0, 0.1) is 5.92 Å². The van der Waals surface area contributed by atoms with Crippen molar-refractivity contribution < 1.29 is 9.53 Å². The molecule has 2 atom stereocenters. The highest BCUT2D eigenvalue weighted by molar-refractivity contribution is 14.1. The lowest BCUT2D eigenvalue weighted by Gasteiger charge is -2.20. The lowest BCUT2D eigenvalue weighted by molar-refractivity contribution is -0.123. The normalized spacial score (nSPS) is 17.2. The molecular weight excluding hydrogens is 267 g/mol. The van der Waals surface area contributed by atoms with Crippen LogP contribution in [-0.2, 0) is 9.53 Å². The van der Waals surface area contributed by atoms with Gasteiger partial charge in [-0.1, -0.05) is 29.5 Å². The Morgan fingerprint density at radius 3 is 2.25 bits per heavy atom. The zero-order chi connectivity index (χ0) is 9.72. The van der Waals surface area contributed by atoms with E-state index in [1.807, 2.05) is 17.9 Å². The van der Waals surface area contributed by atoms with Crippen LogP contribution < -0.4 is 0 Å². The Morgan fingerprint density at radius 1 is 1.50 bits per heavy atom. The van der Waals surface area contributed by atoms with Crippen LogP contribution >= 0.6 is 22.6 Å². The molecule has 3 heteroatoms. The Hall–Kier alpha value is 0.1000. The number of carbonyl (C=O) groups is 1. The summed E-state index contributed by atoms with van der Waals surface area (Å²) in [6, 6.07) is 0. The van der Waals surface area contributed by atoms with Gasteiger partial charge in [-0.2, -0.15) is 0 Å². The third kappa shape index (κ3) is 3.23. The number of rotatable bonds is 4. The molecule has 0 aromatic carbocycles. The highest BCUT2D eigenvalue weighted by Gasteiger charge is 2.21. The van der Waals surface area contributed by atoms with Gasteiger partial charge < -0.3 is 4.74 Å². The van der Waals surface area contributed by atoms with Crippen LogP contribution in [0.3, 0.4) is 0 Å².